The number of anilines is 1. The molecule has 3 rings (SSSR count). The van der Waals surface area contributed by atoms with Gasteiger partial charge in [-0.25, -0.2) is 4.98 Å². The molecule has 2 aromatic heterocycles. The standard InChI is InChI=1S/C21H22BrN5O2S/c1-3-11-27-19(13-29-17-8-5-15(4-2)6-9-17)25-26-21(27)30-14-20(28)24-18-10-7-16(22)12-23-18/h3,5-10,12H,1,4,11,13-14H2,2H3,(H,23,24,28). The third kappa shape index (κ3) is 6.17. The number of nitrogens with zero attached hydrogens (tertiary/aromatic N) is 4. The van der Waals surface area contributed by atoms with E-state index in [1.54, 1.807) is 18.3 Å². The fraction of sp³-hybridized carbons (Fsp3) is 0.238. The Labute approximate surface area is 188 Å². The van der Waals surface area contributed by atoms with E-state index in [0.29, 0.717) is 23.3 Å². The molecular formula is C21H22BrN5O2S. The lowest BCUT2D eigenvalue weighted by Crippen LogP contribution is -2.15. The molecule has 0 unspecified atom stereocenters. The lowest BCUT2D eigenvalue weighted by atomic mass is 10.2. The van der Waals surface area contributed by atoms with Crippen LogP contribution in [0.4, 0.5) is 5.82 Å². The molecule has 0 bridgehead atoms. The van der Waals surface area contributed by atoms with Crippen LogP contribution in [-0.4, -0.2) is 31.4 Å². The Morgan fingerprint density at radius 3 is 2.73 bits per heavy atom. The molecule has 0 saturated carbocycles. The Hall–Kier alpha value is -2.65. The van der Waals surface area contributed by atoms with Crippen molar-refractivity contribution in [3.8, 4) is 5.75 Å². The van der Waals surface area contributed by atoms with Gasteiger partial charge in [-0.05, 0) is 52.2 Å². The second-order valence-corrected chi connectivity index (χ2v) is 8.14. The minimum absolute atomic E-state index is 0.170. The summed E-state index contributed by atoms with van der Waals surface area (Å²) in [6.45, 7) is 6.72. The number of pyridine rings is 1. The highest BCUT2D eigenvalue weighted by molar-refractivity contribution is 9.10. The maximum Gasteiger partial charge on any atom is 0.236 e. The van der Waals surface area contributed by atoms with Gasteiger partial charge in [0.1, 0.15) is 18.2 Å². The van der Waals surface area contributed by atoms with Crippen LogP contribution in [0.5, 0.6) is 5.75 Å². The normalized spacial score (nSPS) is 10.6. The van der Waals surface area contributed by atoms with Crippen molar-refractivity contribution >= 4 is 39.4 Å². The summed E-state index contributed by atoms with van der Waals surface area (Å²) in [5.41, 5.74) is 1.26. The molecular weight excluding hydrogens is 466 g/mol. The SMILES string of the molecule is C=CCn1c(COc2ccc(CC)cc2)nnc1SCC(=O)Nc1ccc(Br)cn1. The van der Waals surface area contributed by atoms with Crippen molar-refractivity contribution in [2.24, 2.45) is 0 Å². The van der Waals surface area contributed by atoms with Crippen LogP contribution >= 0.6 is 27.7 Å². The van der Waals surface area contributed by atoms with E-state index in [2.05, 4.69) is 49.9 Å². The van der Waals surface area contributed by atoms with E-state index in [9.17, 15) is 4.79 Å². The number of aromatic nitrogens is 4. The predicted octanol–water partition coefficient (Wildman–Crippen LogP) is 4.49. The van der Waals surface area contributed by atoms with Gasteiger partial charge in [0.15, 0.2) is 11.0 Å². The van der Waals surface area contributed by atoms with Gasteiger partial charge >= 0.3 is 0 Å². The van der Waals surface area contributed by atoms with Crippen molar-refractivity contribution in [3.05, 3.63) is 71.1 Å². The van der Waals surface area contributed by atoms with E-state index in [0.717, 1.165) is 16.6 Å². The average Bonchev–Trinajstić information content (AvgIpc) is 3.14. The van der Waals surface area contributed by atoms with Gasteiger partial charge in [0, 0.05) is 17.2 Å². The molecule has 7 nitrogen and oxygen atoms in total. The van der Waals surface area contributed by atoms with Gasteiger partial charge in [-0.3, -0.25) is 9.36 Å². The predicted molar refractivity (Wildman–Crippen MR) is 122 cm³/mol. The van der Waals surface area contributed by atoms with Crippen LogP contribution in [-0.2, 0) is 24.4 Å². The van der Waals surface area contributed by atoms with Crippen LogP contribution in [0.15, 0.2) is 64.9 Å². The number of hydrogen-bond donors (Lipinski definition) is 1. The molecule has 1 aromatic carbocycles. The van der Waals surface area contributed by atoms with Crippen molar-refractivity contribution < 1.29 is 9.53 Å². The molecule has 0 atom stereocenters. The summed E-state index contributed by atoms with van der Waals surface area (Å²) in [6, 6.07) is 11.5. The number of amides is 1. The first-order valence-corrected chi connectivity index (χ1v) is 11.2. The zero-order valence-corrected chi connectivity index (χ0v) is 18.9. The summed E-state index contributed by atoms with van der Waals surface area (Å²) in [4.78, 5) is 16.4. The number of carbonyl (C=O) groups excluding carboxylic acids is 1. The van der Waals surface area contributed by atoms with Gasteiger partial charge in [0.25, 0.3) is 0 Å². The van der Waals surface area contributed by atoms with E-state index < -0.39 is 0 Å². The molecule has 0 aliphatic carbocycles. The Morgan fingerprint density at radius 2 is 2.07 bits per heavy atom. The van der Waals surface area contributed by atoms with E-state index in [1.165, 1.54) is 17.3 Å². The zero-order chi connectivity index (χ0) is 21.3. The maximum atomic E-state index is 12.2. The third-order valence-electron chi connectivity index (χ3n) is 4.13. The fourth-order valence-corrected chi connectivity index (χ4v) is 3.57. The molecule has 0 aliphatic heterocycles. The van der Waals surface area contributed by atoms with Gasteiger partial charge in [-0.1, -0.05) is 36.9 Å². The molecule has 156 valence electrons. The Bertz CT molecular complexity index is 990. The number of hydrogen-bond acceptors (Lipinski definition) is 6. The number of allylic oxidation sites excluding steroid dienone is 1. The second-order valence-electron chi connectivity index (χ2n) is 6.28. The number of thioether (sulfide) groups is 1. The quantitative estimate of drug-likeness (QED) is 0.335. The lowest BCUT2D eigenvalue weighted by molar-refractivity contribution is -0.113. The van der Waals surface area contributed by atoms with Gasteiger partial charge < -0.3 is 10.1 Å². The van der Waals surface area contributed by atoms with E-state index in [1.807, 2.05) is 34.9 Å². The zero-order valence-electron chi connectivity index (χ0n) is 16.5. The molecule has 0 radical (unpaired) electrons. The molecule has 1 N–H and O–H groups in total. The Morgan fingerprint density at radius 1 is 1.27 bits per heavy atom. The summed E-state index contributed by atoms with van der Waals surface area (Å²) >= 11 is 4.62. The number of ether oxygens (including phenoxy) is 1. The Kier molecular flexibility index (Phi) is 8.04. The molecule has 2 heterocycles. The van der Waals surface area contributed by atoms with Gasteiger partial charge in [-0.15, -0.1) is 16.8 Å². The summed E-state index contributed by atoms with van der Waals surface area (Å²) in [7, 11) is 0. The van der Waals surface area contributed by atoms with Crippen molar-refractivity contribution in [2.45, 2.75) is 31.7 Å². The molecule has 30 heavy (non-hydrogen) atoms. The number of carbonyl (C=O) groups is 1. The van der Waals surface area contributed by atoms with E-state index in [4.69, 9.17) is 4.74 Å². The summed E-state index contributed by atoms with van der Waals surface area (Å²) in [5, 5.41) is 11.8. The summed E-state index contributed by atoms with van der Waals surface area (Å²) in [5.74, 6) is 1.96. The van der Waals surface area contributed by atoms with Crippen LogP contribution in [0.2, 0.25) is 0 Å². The van der Waals surface area contributed by atoms with Crippen molar-refractivity contribution in [1.82, 2.24) is 19.7 Å². The number of nitrogens with one attached hydrogen (secondary N) is 1. The topological polar surface area (TPSA) is 81.9 Å². The van der Waals surface area contributed by atoms with Crippen LogP contribution in [0.25, 0.3) is 0 Å². The largest absolute Gasteiger partial charge is 0.486 e. The first-order valence-electron chi connectivity index (χ1n) is 9.38. The minimum atomic E-state index is -0.170. The highest BCUT2D eigenvalue weighted by atomic mass is 79.9. The monoisotopic (exact) mass is 487 g/mol. The van der Waals surface area contributed by atoms with Crippen molar-refractivity contribution in [1.29, 1.82) is 0 Å². The van der Waals surface area contributed by atoms with Crippen LogP contribution in [0, 0.1) is 0 Å². The molecule has 9 heteroatoms. The molecule has 3 aromatic rings. The molecule has 1 amide bonds. The smallest absolute Gasteiger partial charge is 0.236 e. The first-order chi connectivity index (χ1) is 14.6. The highest BCUT2D eigenvalue weighted by Crippen LogP contribution is 2.20. The first kappa shape index (κ1) is 22.0. The van der Waals surface area contributed by atoms with E-state index in [-0.39, 0.29) is 18.3 Å². The van der Waals surface area contributed by atoms with Gasteiger partial charge in [-0.2, -0.15) is 0 Å². The number of rotatable bonds is 10. The third-order valence-corrected chi connectivity index (χ3v) is 5.57. The van der Waals surface area contributed by atoms with Gasteiger partial charge in [0.2, 0.25) is 5.91 Å². The molecule has 0 aliphatic rings. The van der Waals surface area contributed by atoms with Crippen LogP contribution in [0.1, 0.15) is 18.3 Å². The molecule has 0 saturated heterocycles. The summed E-state index contributed by atoms with van der Waals surface area (Å²) < 4.78 is 8.59. The second kappa shape index (κ2) is 10.9. The van der Waals surface area contributed by atoms with Crippen LogP contribution in [0.3, 0.4) is 0 Å². The number of halogens is 1. The minimum Gasteiger partial charge on any atom is -0.486 e. The maximum absolute atomic E-state index is 12.2. The van der Waals surface area contributed by atoms with Crippen LogP contribution < -0.4 is 10.1 Å². The summed E-state index contributed by atoms with van der Waals surface area (Å²) in [6.07, 6.45) is 4.38. The fourth-order valence-electron chi connectivity index (χ4n) is 2.57. The van der Waals surface area contributed by atoms with Gasteiger partial charge in [0.05, 0.1) is 5.75 Å². The Balaban J connectivity index is 1.59. The lowest BCUT2D eigenvalue weighted by Gasteiger charge is -2.09. The molecule has 0 spiro atoms. The van der Waals surface area contributed by atoms with Crippen molar-refractivity contribution in [2.75, 3.05) is 11.1 Å². The van der Waals surface area contributed by atoms with Crippen molar-refractivity contribution in [3.63, 3.8) is 0 Å². The average molecular weight is 488 g/mol. The highest BCUT2D eigenvalue weighted by Gasteiger charge is 2.14. The number of aryl methyl sites for hydroxylation is 1. The molecule has 0 fully saturated rings. The number of benzene rings is 1. The van der Waals surface area contributed by atoms with E-state index >= 15 is 0 Å².